The van der Waals surface area contributed by atoms with Crippen LogP contribution >= 0.6 is 0 Å². The van der Waals surface area contributed by atoms with Crippen molar-refractivity contribution < 1.29 is 4.79 Å². The van der Waals surface area contributed by atoms with E-state index in [4.69, 9.17) is 4.98 Å². The molecule has 1 atom stereocenters. The van der Waals surface area contributed by atoms with E-state index in [-0.39, 0.29) is 11.9 Å². The van der Waals surface area contributed by atoms with Gasteiger partial charge in [-0.25, -0.2) is 15.0 Å². The molecule has 2 aromatic heterocycles. The van der Waals surface area contributed by atoms with Crippen LogP contribution in [0.1, 0.15) is 24.2 Å². The second-order valence-electron chi connectivity index (χ2n) is 10.8. The lowest BCUT2D eigenvalue weighted by atomic mass is 10.1. The summed E-state index contributed by atoms with van der Waals surface area (Å²) >= 11 is 0. The lowest BCUT2D eigenvalue weighted by Crippen LogP contribution is -2.46. The average Bonchev–Trinajstić information content (AvgIpc) is 3.68. The van der Waals surface area contributed by atoms with E-state index in [0.717, 1.165) is 86.1 Å². The molecule has 0 aliphatic carbocycles. The fourth-order valence-corrected chi connectivity index (χ4v) is 5.44. The predicted molar refractivity (Wildman–Crippen MR) is 162 cm³/mol. The zero-order valence-corrected chi connectivity index (χ0v) is 23.7. The maximum Gasteiger partial charge on any atom is 0.241 e. The number of amides is 1. The largest absolute Gasteiger partial charge is 0.369 e. The molecule has 0 bridgehead atoms. The highest BCUT2D eigenvalue weighted by Gasteiger charge is 2.22. The molecule has 1 unspecified atom stereocenters. The van der Waals surface area contributed by atoms with Crippen LogP contribution in [0.2, 0.25) is 0 Å². The number of aryl methyl sites for hydroxylation is 2. The number of carbonyl (C=O) groups excluding carboxylic acids is 1. The van der Waals surface area contributed by atoms with Gasteiger partial charge in [-0.05, 0) is 68.3 Å². The van der Waals surface area contributed by atoms with Crippen molar-refractivity contribution in [2.24, 2.45) is 7.05 Å². The highest BCUT2D eigenvalue weighted by atomic mass is 16.2. The Hall–Kier alpha value is -4.28. The Morgan fingerprint density at radius 3 is 2.44 bits per heavy atom. The van der Waals surface area contributed by atoms with E-state index < -0.39 is 0 Å². The maximum absolute atomic E-state index is 12.4. The molecule has 4 aromatic rings. The van der Waals surface area contributed by atoms with Crippen molar-refractivity contribution in [3.63, 3.8) is 0 Å². The van der Waals surface area contributed by atoms with Crippen molar-refractivity contribution in [2.75, 3.05) is 48.3 Å². The van der Waals surface area contributed by atoms with Gasteiger partial charge in [0.2, 0.25) is 11.9 Å². The van der Waals surface area contributed by atoms with Gasteiger partial charge in [-0.3, -0.25) is 9.69 Å². The SMILES string of the molecule is Cc1cnc(Nc2ccc(N3CCN(Cc4nccn4C)CC3)cc2)nc1-c1ccc(NC(=O)C2CCCN2)cc1. The van der Waals surface area contributed by atoms with Gasteiger partial charge in [0.1, 0.15) is 5.82 Å². The van der Waals surface area contributed by atoms with Gasteiger partial charge in [0, 0.05) is 74.4 Å². The summed E-state index contributed by atoms with van der Waals surface area (Å²) in [6.07, 6.45) is 7.62. The van der Waals surface area contributed by atoms with Crippen molar-refractivity contribution >= 4 is 28.9 Å². The van der Waals surface area contributed by atoms with Gasteiger partial charge in [-0.1, -0.05) is 12.1 Å². The predicted octanol–water partition coefficient (Wildman–Crippen LogP) is 3.94. The first-order valence-corrected chi connectivity index (χ1v) is 14.3. The summed E-state index contributed by atoms with van der Waals surface area (Å²) in [5.74, 6) is 1.67. The minimum atomic E-state index is -0.103. The highest BCUT2D eigenvalue weighted by Crippen LogP contribution is 2.26. The van der Waals surface area contributed by atoms with Crippen LogP contribution in [0.15, 0.2) is 67.1 Å². The zero-order chi connectivity index (χ0) is 28.2. The molecule has 2 saturated heterocycles. The Bertz CT molecular complexity index is 1470. The molecular formula is C31H37N9O. The number of nitrogens with zero attached hydrogens (tertiary/aromatic N) is 6. The van der Waals surface area contributed by atoms with Crippen LogP contribution < -0.4 is 20.9 Å². The molecule has 10 heteroatoms. The summed E-state index contributed by atoms with van der Waals surface area (Å²) < 4.78 is 2.09. The van der Waals surface area contributed by atoms with Gasteiger partial charge >= 0.3 is 0 Å². The maximum atomic E-state index is 12.4. The topological polar surface area (TPSA) is 103 Å². The number of anilines is 4. The molecule has 2 aromatic carbocycles. The van der Waals surface area contributed by atoms with Crippen molar-refractivity contribution in [3.8, 4) is 11.3 Å². The number of carbonyl (C=O) groups is 1. The third-order valence-electron chi connectivity index (χ3n) is 7.92. The van der Waals surface area contributed by atoms with Gasteiger partial charge < -0.3 is 25.4 Å². The monoisotopic (exact) mass is 551 g/mol. The van der Waals surface area contributed by atoms with Gasteiger partial charge in [0.25, 0.3) is 0 Å². The molecule has 4 heterocycles. The van der Waals surface area contributed by atoms with Crippen molar-refractivity contribution in [1.29, 1.82) is 0 Å². The summed E-state index contributed by atoms with van der Waals surface area (Å²) in [5, 5.41) is 9.60. The minimum Gasteiger partial charge on any atom is -0.369 e. The molecule has 2 aliphatic heterocycles. The van der Waals surface area contributed by atoms with Crippen LogP contribution in [-0.4, -0.2) is 69.1 Å². The molecule has 10 nitrogen and oxygen atoms in total. The van der Waals surface area contributed by atoms with Gasteiger partial charge in [-0.15, -0.1) is 0 Å². The van der Waals surface area contributed by atoms with E-state index in [9.17, 15) is 4.79 Å². The summed E-state index contributed by atoms with van der Waals surface area (Å²) in [4.78, 5) is 31.1. The summed E-state index contributed by atoms with van der Waals surface area (Å²) in [7, 11) is 2.05. The molecular weight excluding hydrogens is 514 g/mol. The van der Waals surface area contributed by atoms with Crippen LogP contribution in [-0.2, 0) is 18.4 Å². The van der Waals surface area contributed by atoms with Crippen molar-refractivity contribution in [1.82, 2.24) is 29.7 Å². The molecule has 6 rings (SSSR count). The molecule has 2 aliphatic rings. The van der Waals surface area contributed by atoms with Crippen LogP contribution in [0.3, 0.4) is 0 Å². The van der Waals surface area contributed by atoms with E-state index in [1.807, 2.05) is 56.8 Å². The number of aromatic nitrogens is 4. The smallest absolute Gasteiger partial charge is 0.241 e. The minimum absolute atomic E-state index is 0.0220. The quantitative estimate of drug-likeness (QED) is 0.303. The van der Waals surface area contributed by atoms with E-state index in [2.05, 4.69) is 64.6 Å². The Morgan fingerprint density at radius 1 is 1.00 bits per heavy atom. The highest BCUT2D eigenvalue weighted by molar-refractivity contribution is 5.95. The first kappa shape index (κ1) is 26.9. The second-order valence-corrected chi connectivity index (χ2v) is 10.8. The van der Waals surface area contributed by atoms with Crippen LogP contribution in [0, 0.1) is 6.92 Å². The van der Waals surface area contributed by atoms with Gasteiger partial charge in [0.15, 0.2) is 0 Å². The van der Waals surface area contributed by atoms with E-state index in [1.54, 1.807) is 0 Å². The number of hydrogen-bond donors (Lipinski definition) is 3. The molecule has 41 heavy (non-hydrogen) atoms. The molecule has 212 valence electrons. The Labute approximate surface area is 240 Å². The first-order valence-electron chi connectivity index (χ1n) is 14.3. The number of rotatable bonds is 8. The molecule has 0 spiro atoms. The molecule has 1 amide bonds. The Balaban J connectivity index is 1.05. The fraction of sp³-hybridized carbons (Fsp3) is 0.355. The van der Waals surface area contributed by atoms with E-state index in [1.165, 1.54) is 5.69 Å². The van der Waals surface area contributed by atoms with Gasteiger partial charge in [-0.2, -0.15) is 0 Å². The number of nitrogens with one attached hydrogen (secondary N) is 3. The third-order valence-corrected chi connectivity index (χ3v) is 7.92. The zero-order valence-electron chi connectivity index (χ0n) is 23.7. The van der Waals surface area contributed by atoms with E-state index in [0.29, 0.717) is 5.95 Å². The lowest BCUT2D eigenvalue weighted by Gasteiger charge is -2.36. The number of benzene rings is 2. The molecule has 0 saturated carbocycles. The number of piperazine rings is 1. The number of hydrogen-bond acceptors (Lipinski definition) is 8. The second kappa shape index (κ2) is 12.1. The Morgan fingerprint density at radius 2 is 1.76 bits per heavy atom. The summed E-state index contributed by atoms with van der Waals surface area (Å²) in [6, 6.07) is 16.2. The van der Waals surface area contributed by atoms with Crippen LogP contribution in [0.25, 0.3) is 11.3 Å². The van der Waals surface area contributed by atoms with Crippen LogP contribution in [0.4, 0.5) is 23.0 Å². The fourth-order valence-electron chi connectivity index (χ4n) is 5.44. The molecule has 3 N–H and O–H groups in total. The molecule has 0 radical (unpaired) electrons. The van der Waals surface area contributed by atoms with Crippen molar-refractivity contribution in [3.05, 3.63) is 78.5 Å². The van der Waals surface area contributed by atoms with Crippen LogP contribution in [0.5, 0.6) is 0 Å². The van der Waals surface area contributed by atoms with E-state index >= 15 is 0 Å². The summed E-state index contributed by atoms with van der Waals surface area (Å²) in [5.41, 5.74) is 5.76. The lowest BCUT2D eigenvalue weighted by molar-refractivity contribution is -0.117. The van der Waals surface area contributed by atoms with Crippen molar-refractivity contribution in [2.45, 2.75) is 32.4 Å². The normalized spacial score (nSPS) is 17.5. The van der Waals surface area contributed by atoms with Gasteiger partial charge in [0.05, 0.1) is 18.3 Å². The average molecular weight is 552 g/mol. The Kier molecular flexibility index (Phi) is 7.93. The third kappa shape index (κ3) is 6.39. The first-order chi connectivity index (χ1) is 20.0. The summed E-state index contributed by atoms with van der Waals surface area (Å²) in [6.45, 7) is 7.79. The number of imidazole rings is 1. The standard InChI is InChI=1S/C31H37N9O/c1-22-20-34-31(37-29(22)23-5-7-24(8-6-23)35-30(41)27-4-3-13-32-27)36-25-9-11-26(12-10-25)40-18-16-39(17-19-40)21-28-33-14-15-38(28)2/h5-12,14-15,20,27,32H,3-4,13,16-19,21H2,1-2H3,(H,35,41)(H,34,36,37). The molecule has 2 fully saturated rings.